The average molecular weight is 244 g/mol. The molecule has 3 heterocycles. The van der Waals surface area contributed by atoms with Crippen molar-refractivity contribution in [2.45, 2.75) is 13.5 Å². The molecule has 3 aromatic rings. The second-order valence-electron chi connectivity index (χ2n) is 3.93. The van der Waals surface area contributed by atoms with Crippen LogP contribution in [0.1, 0.15) is 11.1 Å². The van der Waals surface area contributed by atoms with E-state index in [1.54, 1.807) is 17.7 Å². The van der Waals surface area contributed by atoms with E-state index in [9.17, 15) is 0 Å². The fourth-order valence-corrected chi connectivity index (χ4v) is 2.44. The predicted molar refractivity (Wildman–Crippen MR) is 69.4 cm³/mol. The molecule has 0 aliphatic rings. The summed E-state index contributed by atoms with van der Waals surface area (Å²) in [4.78, 5) is 4.20. The van der Waals surface area contributed by atoms with Crippen molar-refractivity contribution in [3.8, 4) is 0 Å². The van der Waals surface area contributed by atoms with E-state index < -0.39 is 0 Å². The van der Waals surface area contributed by atoms with Gasteiger partial charge >= 0.3 is 0 Å². The van der Waals surface area contributed by atoms with E-state index in [-0.39, 0.29) is 0 Å². The Bertz CT molecular complexity index is 627. The highest BCUT2D eigenvalue weighted by atomic mass is 32.1. The Morgan fingerprint density at radius 2 is 2.35 bits per heavy atom. The largest absolute Gasteiger partial charge is 0.366 e. The maximum absolute atomic E-state index is 4.21. The SMILES string of the molecule is Cc1cc(NCc2ccsc2)n2ncnc2c1. The predicted octanol–water partition coefficient (Wildman–Crippen LogP) is 2.71. The normalized spacial score (nSPS) is 10.9. The van der Waals surface area contributed by atoms with Crippen molar-refractivity contribution in [2.75, 3.05) is 5.32 Å². The van der Waals surface area contributed by atoms with Gasteiger partial charge in [0, 0.05) is 6.54 Å². The van der Waals surface area contributed by atoms with Crippen molar-refractivity contribution < 1.29 is 0 Å². The van der Waals surface area contributed by atoms with Gasteiger partial charge in [0.05, 0.1) is 0 Å². The van der Waals surface area contributed by atoms with E-state index >= 15 is 0 Å². The van der Waals surface area contributed by atoms with E-state index in [1.807, 2.05) is 10.6 Å². The second kappa shape index (κ2) is 4.18. The van der Waals surface area contributed by atoms with Gasteiger partial charge < -0.3 is 5.32 Å². The summed E-state index contributed by atoms with van der Waals surface area (Å²) in [6, 6.07) is 6.21. The number of fused-ring (bicyclic) bond motifs is 1. The molecule has 0 aliphatic heterocycles. The van der Waals surface area contributed by atoms with Crippen LogP contribution in [0.4, 0.5) is 5.82 Å². The van der Waals surface area contributed by atoms with Gasteiger partial charge in [-0.15, -0.1) is 0 Å². The summed E-state index contributed by atoms with van der Waals surface area (Å²) in [5.74, 6) is 0.976. The quantitative estimate of drug-likeness (QED) is 0.770. The van der Waals surface area contributed by atoms with Crippen LogP contribution in [-0.2, 0) is 6.54 Å². The first-order valence-corrected chi connectivity index (χ1v) is 6.32. The zero-order valence-electron chi connectivity index (χ0n) is 9.42. The maximum atomic E-state index is 4.21. The lowest BCUT2D eigenvalue weighted by molar-refractivity contribution is 0.942. The van der Waals surface area contributed by atoms with Crippen molar-refractivity contribution >= 4 is 22.8 Å². The molecule has 3 rings (SSSR count). The number of pyridine rings is 1. The lowest BCUT2D eigenvalue weighted by Crippen LogP contribution is -2.04. The molecule has 0 aromatic carbocycles. The third kappa shape index (κ3) is 2.01. The third-order valence-electron chi connectivity index (χ3n) is 2.58. The highest BCUT2D eigenvalue weighted by Crippen LogP contribution is 2.15. The smallest absolute Gasteiger partial charge is 0.157 e. The molecule has 0 radical (unpaired) electrons. The Hall–Kier alpha value is -1.88. The van der Waals surface area contributed by atoms with E-state index in [0.29, 0.717) is 0 Å². The van der Waals surface area contributed by atoms with Gasteiger partial charge in [-0.25, -0.2) is 4.98 Å². The maximum Gasteiger partial charge on any atom is 0.157 e. The molecule has 0 atom stereocenters. The first-order valence-electron chi connectivity index (χ1n) is 5.38. The topological polar surface area (TPSA) is 42.2 Å². The van der Waals surface area contributed by atoms with Gasteiger partial charge in [-0.3, -0.25) is 0 Å². The van der Waals surface area contributed by atoms with Gasteiger partial charge in [0.2, 0.25) is 0 Å². The molecule has 3 aromatic heterocycles. The summed E-state index contributed by atoms with van der Waals surface area (Å²) in [7, 11) is 0. The van der Waals surface area contributed by atoms with Gasteiger partial charge in [0.15, 0.2) is 5.65 Å². The van der Waals surface area contributed by atoms with Crippen LogP contribution >= 0.6 is 11.3 Å². The van der Waals surface area contributed by atoms with E-state index in [1.165, 1.54) is 11.1 Å². The second-order valence-corrected chi connectivity index (χ2v) is 4.71. The molecular weight excluding hydrogens is 232 g/mol. The molecule has 4 nitrogen and oxygen atoms in total. The molecule has 17 heavy (non-hydrogen) atoms. The molecule has 0 unspecified atom stereocenters. The minimum atomic E-state index is 0.807. The van der Waals surface area contributed by atoms with Crippen LogP contribution in [0.15, 0.2) is 35.3 Å². The van der Waals surface area contributed by atoms with Crippen molar-refractivity contribution in [1.82, 2.24) is 14.6 Å². The molecule has 86 valence electrons. The molecule has 0 aliphatic carbocycles. The molecule has 0 saturated carbocycles. The molecule has 1 N–H and O–H groups in total. The van der Waals surface area contributed by atoms with Crippen molar-refractivity contribution in [3.05, 3.63) is 46.4 Å². The fraction of sp³-hybridized carbons (Fsp3) is 0.167. The Kier molecular flexibility index (Phi) is 2.53. The highest BCUT2D eigenvalue weighted by Gasteiger charge is 2.03. The molecule has 5 heteroatoms. The number of aromatic nitrogens is 3. The average Bonchev–Trinajstić information content (AvgIpc) is 2.95. The first kappa shape index (κ1) is 10.3. The zero-order valence-corrected chi connectivity index (χ0v) is 10.2. The van der Waals surface area contributed by atoms with Crippen LogP contribution in [0.25, 0.3) is 5.65 Å². The molecular formula is C12H12N4S. The van der Waals surface area contributed by atoms with Crippen LogP contribution in [0, 0.1) is 6.92 Å². The first-order chi connectivity index (χ1) is 8.33. The Balaban J connectivity index is 1.91. The van der Waals surface area contributed by atoms with Crippen LogP contribution in [0.5, 0.6) is 0 Å². The van der Waals surface area contributed by atoms with Crippen LogP contribution in [0.2, 0.25) is 0 Å². The summed E-state index contributed by atoms with van der Waals surface area (Å²) in [6.45, 7) is 2.87. The fourth-order valence-electron chi connectivity index (χ4n) is 1.77. The lowest BCUT2D eigenvalue weighted by atomic mass is 10.3. The number of nitrogens with zero attached hydrogens (tertiary/aromatic N) is 3. The third-order valence-corrected chi connectivity index (χ3v) is 3.31. The number of anilines is 1. The van der Waals surface area contributed by atoms with Crippen molar-refractivity contribution in [3.63, 3.8) is 0 Å². The molecule has 0 amide bonds. The van der Waals surface area contributed by atoms with Crippen molar-refractivity contribution in [1.29, 1.82) is 0 Å². The number of nitrogens with one attached hydrogen (secondary N) is 1. The number of rotatable bonds is 3. The Morgan fingerprint density at radius 1 is 1.41 bits per heavy atom. The van der Waals surface area contributed by atoms with Crippen LogP contribution in [-0.4, -0.2) is 14.6 Å². The van der Waals surface area contributed by atoms with E-state index in [0.717, 1.165) is 18.0 Å². The number of thiophene rings is 1. The summed E-state index contributed by atoms with van der Waals surface area (Å²) in [5.41, 5.74) is 3.33. The monoisotopic (exact) mass is 244 g/mol. The highest BCUT2D eigenvalue weighted by molar-refractivity contribution is 7.07. The standard InChI is InChI=1S/C12H12N4S/c1-9-4-11(13-6-10-2-3-17-7-10)16-12(5-9)14-8-15-16/h2-5,7-8,13H,6H2,1H3. The Labute approximate surface area is 103 Å². The lowest BCUT2D eigenvalue weighted by Gasteiger charge is -2.08. The van der Waals surface area contributed by atoms with Gasteiger partial charge in [0.1, 0.15) is 12.1 Å². The van der Waals surface area contributed by atoms with E-state index in [2.05, 4.69) is 45.2 Å². The summed E-state index contributed by atoms with van der Waals surface area (Å²) >= 11 is 1.71. The number of hydrogen-bond acceptors (Lipinski definition) is 4. The van der Waals surface area contributed by atoms with Crippen LogP contribution in [0.3, 0.4) is 0 Å². The summed E-state index contributed by atoms with van der Waals surface area (Å²) in [5, 5.41) is 11.8. The van der Waals surface area contributed by atoms with Gasteiger partial charge in [0.25, 0.3) is 0 Å². The Morgan fingerprint density at radius 3 is 3.18 bits per heavy atom. The van der Waals surface area contributed by atoms with Crippen molar-refractivity contribution in [2.24, 2.45) is 0 Å². The van der Waals surface area contributed by atoms with Crippen LogP contribution < -0.4 is 5.32 Å². The van der Waals surface area contributed by atoms with E-state index in [4.69, 9.17) is 0 Å². The number of aryl methyl sites for hydroxylation is 1. The molecule has 0 bridgehead atoms. The van der Waals surface area contributed by atoms with Gasteiger partial charge in [-0.05, 0) is 47.0 Å². The minimum absolute atomic E-state index is 0.807. The molecule has 0 saturated heterocycles. The number of hydrogen-bond donors (Lipinski definition) is 1. The summed E-state index contributed by atoms with van der Waals surface area (Å²) in [6.07, 6.45) is 1.57. The van der Waals surface area contributed by atoms with Gasteiger partial charge in [-0.2, -0.15) is 21.0 Å². The van der Waals surface area contributed by atoms with Gasteiger partial charge in [-0.1, -0.05) is 0 Å². The minimum Gasteiger partial charge on any atom is -0.366 e. The molecule has 0 spiro atoms. The molecule has 0 fully saturated rings. The zero-order chi connectivity index (χ0) is 11.7. The summed E-state index contributed by atoms with van der Waals surface area (Å²) < 4.78 is 1.82.